The summed E-state index contributed by atoms with van der Waals surface area (Å²) in [6, 6.07) is 0. The zero-order valence-corrected chi connectivity index (χ0v) is 6.51. The SMILES string of the molecule is CC([O-])(O)C[N+](C)(C)C. The van der Waals surface area contributed by atoms with Crippen LogP contribution in [0.2, 0.25) is 0 Å². The molecule has 0 aromatic rings. The van der Waals surface area contributed by atoms with E-state index in [4.69, 9.17) is 5.11 Å². The van der Waals surface area contributed by atoms with Crippen LogP contribution in [0, 0.1) is 0 Å². The van der Waals surface area contributed by atoms with Gasteiger partial charge in [-0.3, -0.25) is 0 Å². The highest BCUT2D eigenvalue weighted by Gasteiger charge is 2.15. The van der Waals surface area contributed by atoms with Crippen LogP contribution in [0.15, 0.2) is 0 Å². The summed E-state index contributed by atoms with van der Waals surface area (Å²) in [4.78, 5) is 0. The molecule has 0 aliphatic heterocycles. The van der Waals surface area contributed by atoms with Gasteiger partial charge in [0.2, 0.25) is 0 Å². The molecule has 0 aliphatic rings. The Bertz CT molecular complexity index is 76.2. The highest BCUT2D eigenvalue weighted by molar-refractivity contribution is 4.49. The molecule has 0 spiro atoms. The summed E-state index contributed by atoms with van der Waals surface area (Å²) in [5.41, 5.74) is 0. The van der Waals surface area contributed by atoms with E-state index in [9.17, 15) is 5.11 Å². The van der Waals surface area contributed by atoms with Crippen molar-refractivity contribution in [3.63, 3.8) is 0 Å². The van der Waals surface area contributed by atoms with Gasteiger partial charge in [-0.15, -0.1) is 0 Å². The number of hydrogen-bond acceptors (Lipinski definition) is 2. The lowest BCUT2D eigenvalue weighted by Crippen LogP contribution is -2.54. The molecule has 3 heteroatoms. The van der Waals surface area contributed by atoms with E-state index in [1.807, 2.05) is 21.1 Å². The van der Waals surface area contributed by atoms with Crippen molar-refractivity contribution in [2.75, 3.05) is 27.7 Å². The smallest absolute Gasteiger partial charge is 0.0917 e. The normalized spacial score (nSPS) is 19.3. The average Bonchev–Trinajstić information content (AvgIpc) is 1.14. The summed E-state index contributed by atoms with van der Waals surface area (Å²) in [5, 5.41) is 19.4. The number of aliphatic hydroxyl groups is 1. The largest absolute Gasteiger partial charge is 0.825 e. The topological polar surface area (TPSA) is 43.3 Å². The van der Waals surface area contributed by atoms with Gasteiger partial charge in [0.25, 0.3) is 0 Å². The van der Waals surface area contributed by atoms with Gasteiger partial charge in [-0.1, -0.05) is 0 Å². The second kappa shape index (κ2) is 2.25. The summed E-state index contributed by atoms with van der Waals surface area (Å²) >= 11 is 0. The third-order valence-electron chi connectivity index (χ3n) is 0.768. The number of likely N-dealkylation sites (N-methyl/N-ethyl adjacent to an activating group) is 1. The van der Waals surface area contributed by atoms with Gasteiger partial charge in [-0.05, 0) is 6.92 Å². The Balaban J connectivity index is 3.75. The van der Waals surface area contributed by atoms with Crippen molar-refractivity contribution in [2.45, 2.75) is 12.7 Å². The number of nitrogens with zero attached hydrogens (tertiary/aromatic N) is 1. The third-order valence-corrected chi connectivity index (χ3v) is 0.768. The maximum atomic E-state index is 10.7. The first kappa shape index (κ1) is 8.88. The molecule has 0 amide bonds. The number of hydrogen-bond donors (Lipinski definition) is 1. The van der Waals surface area contributed by atoms with Crippen LogP contribution in [0.3, 0.4) is 0 Å². The van der Waals surface area contributed by atoms with Gasteiger partial charge < -0.3 is 14.7 Å². The number of quaternary nitrogens is 1. The van der Waals surface area contributed by atoms with Gasteiger partial charge in [0.1, 0.15) is 0 Å². The zero-order chi connectivity index (χ0) is 7.71. The minimum Gasteiger partial charge on any atom is -0.825 e. The quantitative estimate of drug-likeness (QED) is 0.378. The molecule has 1 atom stereocenters. The van der Waals surface area contributed by atoms with Gasteiger partial charge in [-0.2, -0.15) is 0 Å². The minimum absolute atomic E-state index is 0.229. The molecule has 56 valence electrons. The van der Waals surface area contributed by atoms with Crippen molar-refractivity contribution in [2.24, 2.45) is 0 Å². The molecule has 1 N–H and O–H groups in total. The predicted octanol–water partition coefficient (Wildman–Crippen LogP) is -1.24. The lowest BCUT2D eigenvalue weighted by molar-refractivity contribution is -0.892. The summed E-state index contributed by atoms with van der Waals surface area (Å²) < 4.78 is 0.497. The second-order valence-corrected chi connectivity index (χ2v) is 3.62. The van der Waals surface area contributed by atoms with Crippen LogP contribution in [-0.2, 0) is 0 Å². The van der Waals surface area contributed by atoms with E-state index in [-0.39, 0.29) is 6.54 Å². The molecular weight excluding hydrogens is 118 g/mol. The zero-order valence-electron chi connectivity index (χ0n) is 6.51. The van der Waals surface area contributed by atoms with E-state index < -0.39 is 5.79 Å². The Morgan fingerprint density at radius 2 is 1.78 bits per heavy atom. The van der Waals surface area contributed by atoms with Crippen molar-refractivity contribution in [3.8, 4) is 0 Å². The average molecular weight is 133 g/mol. The molecule has 0 radical (unpaired) electrons. The van der Waals surface area contributed by atoms with Crippen molar-refractivity contribution < 1.29 is 14.7 Å². The molecule has 0 fully saturated rings. The van der Waals surface area contributed by atoms with E-state index in [0.717, 1.165) is 0 Å². The Kier molecular flexibility index (Phi) is 2.22. The molecule has 3 nitrogen and oxygen atoms in total. The van der Waals surface area contributed by atoms with Crippen LogP contribution < -0.4 is 5.11 Å². The molecule has 0 saturated heterocycles. The summed E-state index contributed by atoms with van der Waals surface area (Å²) in [5.74, 6) is -1.79. The molecule has 1 unspecified atom stereocenters. The maximum absolute atomic E-state index is 10.7. The van der Waals surface area contributed by atoms with E-state index in [2.05, 4.69) is 0 Å². The Morgan fingerprint density at radius 1 is 1.44 bits per heavy atom. The van der Waals surface area contributed by atoms with Crippen molar-refractivity contribution >= 4 is 0 Å². The molecule has 0 heterocycles. The molecule has 0 saturated carbocycles. The fourth-order valence-electron chi connectivity index (χ4n) is 0.880. The highest BCUT2D eigenvalue weighted by atomic mass is 16.5. The molecule has 0 aliphatic carbocycles. The first-order chi connectivity index (χ1) is 3.71. The first-order valence-corrected chi connectivity index (χ1v) is 2.94. The van der Waals surface area contributed by atoms with E-state index in [1.54, 1.807) is 0 Å². The van der Waals surface area contributed by atoms with Crippen LogP contribution in [0.1, 0.15) is 6.92 Å². The standard InChI is InChI=1S/C6H15NO2/c1-6(8,9)5-7(2,3)4/h8H,5H2,1-4H3. The fourth-order valence-corrected chi connectivity index (χ4v) is 0.880. The van der Waals surface area contributed by atoms with E-state index in [1.165, 1.54) is 6.92 Å². The maximum Gasteiger partial charge on any atom is 0.0917 e. The Morgan fingerprint density at radius 3 is 1.78 bits per heavy atom. The predicted molar refractivity (Wildman–Crippen MR) is 33.5 cm³/mol. The van der Waals surface area contributed by atoms with Crippen molar-refractivity contribution in [1.82, 2.24) is 0 Å². The van der Waals surface area contributed by atoms with Crippen LogP contribution in [-0.4, -0.2) is 43.1 Å². The van der Waals surface area contributed by atoms with Gasteiger partial charge in [0.05, 0.1) is 27.7 Å². The minimum atomic E-state index is -1.79. The van der Waals surface area contributed by atoms with Gasteiger partial charge >= 0.3 is 0 Å². The summed E-state index contributed by atoms with van der Waals surface area (Å²) in [6.07, 6.45) is 0. The van der Waals surface area contributed by atoms with Crippen LogP contribution in [0.5, 0.6) is 0 Å². The lowest BCUT2D eigenvalue weighted by atomic mass is 10.3. The molecular formula is C6H15NO2. The van der Waals surface area contributed by atoms with Crippen LogP contribution >= 0.6 is 0 Å². The molecule has 0 aromatic carbocycles. The van der Waals surface area contributed by atoms with Gasteiger partial charge in [0, 0.05) is 5.79 Å². The van der Waals surface area contributed by atoms with Gasteiger partial charge in [-0.25, -0.2) is 0 Å². The van der Waals surface area contributed by atoms with Crippen molar-refractivity contribution in [1.29, 1.82) is 0 Å². The highest BCUT2D eigenvalue weighted by Crippen LogP contribution is 1.99. The van der Waals surface area contributed by atoms with Gasteiger partial charge in [0.15, 0.2) is 0 Å². The first-order valence-electron chi connectivity index (χ1n) is 2.94. The van der Waals surface area contributed by atoms with Crippen LogP contribution in [0.4, 0.5) is 0 Å². The van der Waals surface area contributed by atoms with Crippen molar-refractivity contribution in [3.05, 3.63) is 0 Å². The molecule has 0 rings (SSSR count). The lowest BCUT2D eigenvalue weighted by Gasteiger charge is -2.37. The summed E-state index contributed by atoms with van der Waals surface area (Å²) in [6.45, 7) is 1.50. The number of rotatable bonds is 2. The fraction of sp³-hybridized carbons (Fsp3) is 1.00. The molecule has 9 heavy (non-hydrogen) atoms. The Hall–Kier alpha value is -0.120. The van der Waals surface area contributed by atoms with E-state index >= 15 is 0 Å². The van der Waals surface area contributed by atoms with Crippen LogP contribution in [0.25, 0.3) is 0 Å². The summed E-state index contributed by atoms with van der Waals surface area (Å²) in [7, 11) is 5.60. The monoisotopic (exact) mass is 133 g/mol. The molecule has 0 aromatic heterocycles. The molecule has 0 bridgehead atoms. The Labute approximate surface area is 56.1 Å². The second-order valence-electron chi connectivity index (χ2n) is 3.62. The van der Waals surface area contributed by atoms with E-state index in [0.29, 0.717) is 4.48 Å². The third kappa shape index (κ3) is 7.88.